The molecule has 0 bridgehead atoms. The van der Waals surface area contributed by atoms with Crippen molar-refractivity contribution in [1.82, 2.24) is 14.3 Å². The van der Waals surface area contributed by atoms with Crippen LogP contribution in [0.15, 0.2) is 85.5 Å². The van der Waals surface area contributed by atoms with Gasteiger partial charge in [-0.05, 0) is 24.3 Å². The zero-order valence-corrected chi connectivity index (χ0v) is 12.3. The van der Waals surface area contributed by atoms with Gasteiger partial charge in [-0.3, -0.25) is 9.59 Å². The molecule has 5 heteroatoms. The zero-order chi connectivity index (χ0) is 16.1. The molecule has 0 saturated heterocycles. The number of H-pyrrole nitrogens is 1. The second kappa shape index (κ2) is 6.62. The lowest BCUT2D eigenvalue weighted by molar-refractivity contribution is 0.0845. The van der Waals surface area contributed by atoms with Gasteiger partial charge in [-0.15, -0.1) is 0 Å². The predicted molar refractivity (Wildman–Crippen MR) is 86.7 cm³/mol. The Morgan fingerprint density at radius 2 is 1.04 bits per heavy atom. The smallest absolute Gasteiger partial charge is 0.276 e. The molecule has 3 aromatic rings. The Balaban J connectivity index is 2.11. The molecule has 0 aliphatic rings. The monoisotopic (exact) mass is 305 g/mol. The second-order valence-electron chi connectivity index (χ2n) is 4.83. The van der Waals surface area contributed by atoms with E-state index < -0.39 is 0 Å². The van der Waals surface area contributed by atoms with Crippen molar-refractivity contribution < 1.29 is 9.59 Å². The molecule has 0 spiro atoms. The van der Waals surface area contributed by atoms with Crippen LogP contribution in [0.4, 0.5) is 0 Å². The lowest BCUT2D eigenvalue weighted by Gasteiger charge is -2.12. The van der Waals surface area contributed by atoms with Crippen LogP contribution in [0.2, 0.25) is 0 Å². The van der Waals surface area contributed by atoms with Gasteiger partial charge >= 0.3 is 0 Å². The van der Waals surface area contributed by atoms with E-state index in [0.29, 0.717) is 11.1 Å². The number of hydrogen-bond donors (Lipinski definition) is 1. The summed E-state index contributed by atoms with van der Waals surface area (Å²) in [5, 5.41) is 0. The van der Waals surface area contributed by atoms with E-state index in [1.165, 1.54) is 21.8 Å². The van der Waals surface area contributed by atoms with Crippen LogP contribution >= 0.6 is 0 Å². The highest BCUT2D eigenvalue weighted by Crippen LogP contribution is 2.06. The molecule has 2 aromatic carbocycles. The van der Waals surface area contributed by atoms with Crippen LogP contribution in [0.3, 0.4) is 0 Å². The Labute approximate surface area is 133 Å². The minimum Gasteiger partial charge on any atom is -0.365 e. The standard InChI is InChI=1S/C18H15N3O2/c22-17(15-7-3-1-4-8-15)20-13-11-19-12-14-21(20)18(23)16-9-5-2-6-10-16/h1-14,19H. The Bertz CT molecular complexity index is 785. The Hall–Kier alpha value is -3.34. The van der Waals surface area contributed by atoms with Crippen LogP contribution in [0, 0.1) is 0 Å². The van der Waals surface area contributed by atoms with E-state index in [4.69, 9.17) is 0 Å². The minimum absolute atomic E-state index is 0.292. The molecule has 0 atom stereocenters. The van der Waals surface area contributed by atoms with Crippen molar-refractivity contribution in [3.05, 3.63) is 96.6 Å². The Morgan fingerprint density at radius 3 is 1.43 bits per heavy atom. The second-order valence-corrected chi connectivity index (χ2v) is 4.83. The molecule has 3 rings (SSSR count). The molecule has 0 aliphatic carbocycles. The molecular formula is C18H15N3O2. The molecule has 0 aliphatic heterocycles. The van der Waals surface area contributed by atoms with E-state index in [2.05, 4.69) is 4.98 Å². The van der Waals surface area contributed by atoms with Crippen molar-refractivity contribution in [2.75, 3.05) is 0 Å². The number of aromatic amines is 1. The van der Waals surface area contributed by atoms with E-state index in [9.17, 15) is 9.59 Å². The molecule has 114 valence electrons. The van der Waals surface area contributed by atoms with E-state index in [-0.39, 0.29) is 11.8 Å². The van der Waals surface area contributed by atoms with Gasteiger partial charge < -0.3 is 4.98 Å². The van der Waals surface area contributed by atoms with Crippen molar-refractivity contribution in [2.45, 2.75) is 0 Å². The molecule has 0 amide bonds. The largest absolute Gasteiger partial charge is 0.365 e. The number of hydrogen-bond acceptors (Lipinski definition) is 2. The van der Waals surface area contributed by atoms with E-state index in [0.717, 1.165) is 0 Å². The SMILES string of the molecule is O=C(c1ccccc1)n1cc[nH]ccn1C(=O)c1ccccc1. The van der Waals surface area contributed by atoms with Crippen LogP contribution in [0.25, 0.3) is 0 Å². The molecule has 0 fully saturated rings. The number of aromatic nitrogens is 3. The maximum Gasteiger partial charge on any atom is 0.276 e. The number of benzene rings is 2. The molecule has 1 heterocycles. The van der Waals surface area contributed by atoms with Gasteiger partial charge in [-0.1, -0.05) is 36.4 Å². The van der Waals surface area contributed by atoms with Crippen molar-refractivity contribution in [3.8, 4) is 0 Å². The summed E-state index contributed by atoms with van der Waals surface area (Å²) in [5.41, 5.74) is 0.997. The molecule has 1 N–H and O–H groups in total. The topological polar surface area (TPSA) is 59.8 Å². The highest BCUT2D eigenvalue weighted by atomic mass is 16.2. The van der Waals surface area contributed by atoms with Gasteiger partial charge in [0.1, 0.15) is 0 Å². The summed E-state index contributed by atoms with van der Waals surface area (Å²) in [6, 6.07) is 17.7. The predicted octanol–water partition coefficient (Wildman–Crippen LogP) is 3.12. The number of carbonyl (C=O) groups excluding carboxylic acids is 2. The average Bonchev–Trinajstić information content (AvgIpc) is 2.88. The van der Waals surface area contributed by atoms with Crippen LogP contribution in [-0.4, -0.2) is 26.2 Å². The number of rotatable bonds is 2. The minimum atomic E-state index is -0.292. The van der Waals surface area contributed by atoms with Crippen LogP contribution in [0.5, 0.6) is 0 Å². The first-order chi connectivity index (χ1) is 11.3. The highest BCUT2D eigenvalue weighted by Gasteiger charge is 2.14. The average molecular weight is 305 g/mol. The van der Waals surface area contributed by atoms with Gasteiger partial charge in [-0.2, -0.15) is 0 Å². The Kier molecular flexibility index (Phi) is 4.20. The van der Waals surface area contributed by atoms with E-state index in [1.807, 2.05) is 12.1 Å². The van der Waals surface area contributed by atoms with Crippen molar-refractivity contribution in [3.63, 3.8) is 0 Å². The van der Waals surface area contributed by atoms with Crippen LogP contribution < -0.4 is 0 Å². The first-order valence-electron chi connectivity index (χ1n) is 7.14. The summed E-state index contributed by atoms with van der Waals surface area (Å²) in [4.78, 5) is 28.3. The van der Waals surface area contributed by atoms with Gasteiger partial charge in [0.15, 0.2) is 0 Å². The normalized spacial score (nSPS) is 10.1. The quantitative estimate of drug-likeness (QED) is 0.791. The van der Waals surface area contributed by atoms with Gasteiger partial charge in [0.25, 0.3) is 11.8 Å². The molecule has 5 nitrogen and oxygen atoms in total. The lowest BCUT2D eigenvalue weighted by Crippen LogP contribution is -2.27. The maximum atomic E-state index is 12.7. The molecule has 1 aromatic heterocycles. The third-order valence-corrected chi connectivity index (χ3v) is 3.31. The van der Waals surface area contributed by atoms with Gasteiger partial charge in [0.05, 0.1) is 0 Å². The van der Waals surface area contributed by atoms with Crippen LogP contribution in [0.1, 0.15) is 20.7 Å². The van der Waals surface area contributed by atoms with E-state index in [1.54, 1.807) is 60.9 Å². The summed E-state index contributed by atoms with van der Waals surface area (Å²) in [6.45, 7) is 0. The summed E-state index contributed by atoms with van der Waals surface area (Å²) in [7, 11) is 0. The van der Waals surface area contributed by atoms with Crippen molar-refractivity contribution >= 4 is 11.8 Å². The highest BCUT2D eigenvalue weighted by molar-refractivity contribution is 6.00. The van der Waals surface area contributed by atoms with Crippen molar-refractivity contribution in [2.24, 2.45) is 0 Å². The summed E-state index contributed by atoms with van der Waals surface area (Å²) < 4.78 is 2.56. The lowest BCUT2D eigenvalue weighted by atomic mass is 10.2. The molecule has 0 radical (unpaired) electrons. The van der Waals surface area contributed by atoms with Crippen molar-refractivity contribution in [1.29, 1.82) is 0 Å². The number of nitrogens with one attached hydrogen (secondary N) is 1. The third kappa shape index (κ3) is 3.13. The Morgan fingerprint density at radius 1 is 0.652 bits per heavy atom. The summed E-state index contributed by atoms with van der Waals surface area (Å²) in [5.74, 6) is -0.584. The fourth-order valence-electron chi connectivity index (χ4n) is 2.18. The molecular weight excluding hydrogens is 290 g/mol. The van der Waals surface area contributed by atoms with Gasteiger partial charge in [0, 0.05) is 35.9 Å². The fraction of sp³-hybridized carbons (Fsp3) is 0. The molecule has 0 unspecified atom stereocenters. The fourth-order valence-corrected chi connectivity index (χ4v) is 2.18. The first-order valence-corrected chi connectivity index (χ1v) is 7.14. The summed E-state index contributed by atoms with van der Waals surface area (Å²) >= 11 is 0. The van der Waals surface area contributed by atoms with Crippen LogP contribution in [-0.2, 0) is 0 Å². The summed E-state index contributed by atoms with van der Waals surface area (Å²) in [6.07, 6.45) is 6.23. The first kappa shape index (κ1) is 14.6. The molecule has 23 heavy (non-hydrogen) atoms. The molecule has 0 saturated carbocycles. The zero-order valence-electron chi connectivity index (χ0n) is 12.3. The number of carbonyl (C=O) groups is 2. The number of nitrogens with zero attached hydrogens (tertiary/aromatic N) is 2. The van der Waals surface area contributed by atoms with Gasteiger partial charge in [0.2, 0.25) is 0 Å². The van der Waals surface area contributed by atoms with E-state index >= 15 is 0 Å². The maximum absolute atomic E-state index is 12.7. The van der Waals surface area contributed by atoms with Gasteiger partial charge in [-0.25, -0.2) is 9.36 Å². The third-order valence-electron chi connectivity index (χ3n) is 3.31.